The normalized spacial score (nSPS) is 16.3. The Morgan fingerprint density at radius 1 is 0.967 bits per heavy atom. The highest BCUT2D eigenvalue weighted by atomic mass is 16.2. The van der Waals surface area contributed by atoms with Gasteiger partial charge in [0, 0.05) is 25.1 Å². The van der Waals surface area contributed by atoms with Crippen molar-refractivity contribution in [2.75, 3.05) is 13.1 Å². The lowest BCUT2D eigenvalue weighted by atomic mass is 10.0. The molecule has 5 nitrogen and oxygen atoms in total. The van der Waals surface area contributed by atoms with Gasteiger partial charge in [0.05, 0.1) is 12.2 Å². The van der Waals surface area contributed by atoms with Crippen LogP contribution in [0.4, 0.5) is 0 Å². The van der Waals surface area contributed by atoms with Gasteiger partial charge >= 0.3 is 0 Å². The summed E-state index contributed by atoms with van der Waals surface area (Å²) in [5.41, 5.74) is 3.17. The highest BCUT2D eigenvalue weighted by molar-refractivity contribution is 5.86. The zero-order chi connectivity index (χ0) is 20.3. The van der Waals surface area contributed by atoms with Crippen LogP contribution in [0.15, 0.2) is 79.0 Å². The van der Waals surface area contributed by atoms with Crippen molar-refractivity contribution in [3.8, 4) is 11.3 Å². The third-order valence-electron chi connectivity index (χ3n) is 5.96. The first-order valence-electron chi connectivity index (χ1n) is 10.5. The summed E-state index contributed by atoms with van der Waals surface area (Å²) in [5, 5.41) is 11.1. The summed E-state index contributed by atoms with van der Waals surface area (Å²) < 4.78 is 1.92. The Bertz CT molecular complexity index is 1160. The van der Waals surface area contributed by atoms with Crippen LogP contribution in [0.25, 0.3) is 22.0 Å². The number of benzene rings is 3. The molecule has 5 heteroatoms. The zero-order valence-electron chi connectivity index (χ0n) is 16.8. The van der Waals surface area contributed by atoms with E-state index in [4.69, 9.17) is 0 Å². The summed E-state index contributed by atoms with van der Waals surface area (Å²) in [5.74, 6) is 0.217. The molecule has 0 N–H and O–H groups in total. The SMILES string of the molecule is O=C(CCc1cccc2ccccc12)N1CCC(n2cc(-c3ccccc3)nn2)C1. The van der Waals surface area contributed by atoms with Crippen LogP contribution in [0.2, 0.25) is 0 Å². The van der Waals surface area contributed by atoms with Gasteiger partial charge in [0.2, 0.25) is 5.91 Å². The van der Waals surface area contributed by atoms with Gasteiger partial charge in [-0.2, -0.15) is 0 Å². The van der Waals surface area contributed by atoms with Gasteiger partial charge in [-0.25, -0.2) is 4.68 Å². The quantitative estimate of drug-likeness (QED) is 0.499. The minimum Gasteiger partial charge on any atom is -0.340 e. The molecular formula is C25H24N4O. The smallest absolute Gasteiger partial charge is 0.222 e. The van der Waals surface area contributed by atoms with Crippen LogP contribution in [0, 0.1) is 0 Å². The molecule has 1 aliphatic heterocycles. The second-order valence-electron chi connectivity index (χ2n) is 7.87. The van der Waals surface area contributed by atoms with Crippen molar-refractivity contribution in [3.63, 3.8) is 0 Å². The predicted octanol–water partition coefficient (Wildman–Crippen LogP) is 4.50. The summed E-state index contributed by atoms with van der Waals surface area (Å²) in [6.45, 7) is 1.48. The van der Waals surface area contributed by atoms with Gasteiger partial charge in [0.25, 0.3) is 0 Å². The Morgan fingerprint density at radius 2 is 1.77 bits per heavy atom. The maximum atomic E-state index is 12.8. The number of carbonyl (C=O) groups excluding carboxylic acids is 1. The van der Waals surface area contributed by atoms with Gasteiger partial charge in [0.1, 0.15) is 5.69 Å². The van der Waals surface area contributed by atoms with Crippen LogP contribution in [-0.2, 0) is 11.2 Å². The van der Waals surface area contributed by atoms with E-state index in [1.54, 1.807) is 0 Å². The molecule has 2 heterocycles. The molecule has 0 radical (unpaired) electrons. The maximum absolute atomic E-state index is 12.8. The van der Waals surface area contributed by atoms with Gasteiger partial charge in [-0.1, -0.05) is 78.0 Å². The second kappa shape index (κ2) is 8.11. The van der Waals surface area contributed by atoms with Crippen molar-refractivity contribution >= 4 is 16.7 Å². The average Bonchev–Trinajstić information content (AvgIpc) is 3.48. The van der Waals surface area contributed by atoms with Crippen molar-refractivity contribution in [3.05, 3.63) is 84.6 Å². The molecule has 1 amide bonds. The first kappa shape index (κ1) is 18.6. The van der Waals surface area contributed by atoms with E-state index < -0.39 is 0 Å². The number of hydrogen-bond acceptors (Lipinski definition) is 3. The Kier molecular flexibility index (Phi) is 5.01. The third kappa shape index (κ3) is 3.71. The third-order valence-corrected chi connectivity index (χ3v) is 5.96. The fourth-order valence-corrected chi connectivity index (χ4v) is 4.29. The van der Waals surface area contributed by atoms with E-state index in [2.05, 4.69) is 52.8 Å². The minimum atomic E-state index is 0.191. The zero-order valence-corrected chi connectivity index (χ0v) is 16.8. The highest BCUT2D eigenvalue weighted by Gasteiger charge is 2.28. The summed E-state index contributed by atoms with van der Waals surface area (Å²) in [6.07, 6.45) is 4.21. The highest BCUT2D eigenvalue weighted by Crippen LogP contribution is 2.25. The first-order chi connectivity index (χ1) is 14.8. The lowest BCUT2D eigenvalue weighted by molar-refractivity contribution is -0.130. The molecule has 30 heavy (non-hydrogen) atoms. The first-order valence-corrected chi connectivity index (χ1v) is 10.5. The number of nitrogens with zero attached hydrogens (tertiary/aromatic N) is 4. The van der Waals surface area contributed by atoms with E-state index in [1.165, 1.54) is 16.3 Å². The average molecular weight is 396 g/mol. The van der Waals surface area contributed by atoms with E-state index in [-0.39, 0.29) is 11.9 Å². The van der Waals surface area contributed by atoms with Crippen molar-refractivity contribution in [2.45, 2.75) is 25.3 Å². The second-order valence-corrected chi connectivity index (χ2v) is 7.87. The van der Waals surface area contributed by atoms with E-state index in [0.717, 1.165) is 30.6 Å². The lowest BCUT2D eigenvalue weighted by Crippen LogP contribution is -2.29. The van der Waals surface area contributed by atoms with Gasteiger partial charge in [0.15, 0.2) is 0 Å². The molecule has 0 saturated carbocycles. The summed E-state index contributed by atoms with van der Waals surface area (Å²) in [4.78, 5) is 14.8. The van der Waals surface area contributed by atoms with E-state index in [9.17, 15) is 4.79 Å². The molecule has 4 aromatic rings. The van der Waals surface area contributed by atoms with Crippen molar-refractivity contribution in [2.24, 2.45) is 0 Å². The molecule has 0 bridgehead atoms. The molecule has 1 aliphatic rings. The van der Waals surface area contributed by atoms with Gasteiger partial charge < -0.3 is 4.90 Å². The van der Waals surface area contributed by atoms with Gasteiger partial charge in [-0.3, -0.25) is 4.79 Å². The number of hydrogen-bond donors (Lipinski definition) is 0. The molecule has 5 rings (SSSR count). The molecule has 0 spiro atoms. The van der Waals surface area contributed by atoms with Gasteiger partial charge in [-0.15, -0.1) is 5.10 Å². The Morgan fingerprint density at radius 3 is 2.67 bits per heavy atom. The van der Waals surface area contributed by atoms with Crippen LogP contribution in [0.3, 0.4) is 0 Å². The maximum Gasteiger partial charge on any atom is 0.222 e. The standard InChI is InChI=1S/C25H24N4O/c30-25(14-13-20-11-6-10-19-7-4-5-12-23(19)20)28-16-15-22(17-28)29-18-24(26-27-29)21-8-2-1-3-9-21/h1-12,18,22H,13-17H2. The molecule has 1 unspecified atom stereocenters. The number of aryl methyl sites for hydroxylation is 1. The van der Waals surface area contributed by atoms with Crippen LogP contribution >= 0.6 is 0 Å². The van der Waals surface area contributed by atoms with Crippen LogP contribution in [0.1, 0.15) is 24.4 Å². The lowest BCUT2D eigenvalue weighted by Gasteiger charge is -2.17. The number of aromatic nitrogens is 3. The molecule has 1 atom stereocenters. The van der Waals surface area contributed by atoms with Crippen molar-refractivity contribution < 1.29 is 4.79 Å². The number of amides is 1. The topological polar surface area (TPSA) is 51.0 Å². The summed E-state index contributed by atoms with van der Waals surface area (Å²) in [7, 11) is 0. The number of likely N-dealkylation sites (tertiary alicyclic amines) is 1. The Hall–Kier alpha value is -3.47. The van der Waals surface area contributed by atoms with Crippen molar-refractivity contribution in [1.29, 1.82) is 0 Å². The Labute approximate surface area is 175 Å². The molecule has 1 aromatic heterocycles. The number of rotatable bonds is 5. The molecule has 1 saturated heterocycles. The molecule has 1 fully saturated rings. The molecule has 150 valence electrons. The van der Waals surface area contributed by atoms with Crippen LogP contribution < -0.4 is 0 Å². The number of carbonyl (C=O) groups is 1. The van der Waals surface area contributed by atoms with E-state index in [0.29, 0.717) is 13.0 Å². The fraction of sp³-hybridized carbons (Fsp3) is 0.240. The Balaban J connectivity index is 1.22. The van der Waals surface area contributed by atoms with Crippen LogP contribution in [0.5, 0.6) is 0 Å². The van der Waals surface area contributed by atoms with Crippen molar-refractivity contribution in [1.82, 2.24) is 19.9 Å². The predicted molar refractivity (Wildman–Crippen MR) is 118 cm³/mol. The monoisotopic (exact) mass is 396 g/mol. The number of fused-ring (bicyclic) bond motifs is 1. The van der Waals surface area contributed by atoms with Gasteiger partial charge in [-0.05, 0) is 29.2 Å². The summed E-state index contributed by atoms with van der Waals surface area (Å²) in [6, 6.07) is 24.9. The fourth-order valence-electron chi connectivity index (χ4n) is 4.29. The van der Waals surface area contributed by atoms with Crippen LogP contribution in [-0.4, -0.2) is 38.9 Å². The largest absolute Gasteiger partial charge is 0.340 e. The minimum absolute atomic E-state index is 0.191. The molecule has 0 aliphatic carbocycles. The summed E-state index contributed by atoms with van der Waals surface area (Å²) >= 11 is 0. The van der Waals surface area contributed by atoms with E-state index in [1.807, 2.05) is 46.1 Å². The molecule has 3 aromatic carbocycles. The molecular weight excluding hydrogens is 372 g/mol. The van der Waals surface area contributed by atoms with E-state index >= 15 is 0 Å².